The van der Waals surface area contributed by atoms with Gasteiger partial charge in [-0.3, -0.25) is 0 Å². The van der Waals surface area contributed by atoms with Crippen molar-refractivity contribution in [2.45, 2.75) is 20.8 Å². The van der Waals surface area contributed by atoms with Crippen molar-refractivity contribution in [3.05, 3.63) is 0 Å². The van der Waals surface area contributed by atoms with Gasteiger partial charge in [-0.05, 0) is 0 Å². The van der Waals surface area contributed by atoms with E-state index < -0.39 is 0 Å². The predicted octanol–water partition coefficient (Wildman–Crippen LogP) is -11.6. The van der Waals surface area contributed by atoms with Gasteiger partial charge in [-0.15, -0.1) is 19.8 Å². The van der Waals surface area contributed by atoms with Gasteiger partial charge in [-0.1, -0.05) is 20.8 Å². The van der Waals surface area contributed by atoms with E-state index in [0.29, 0.717) is 0 Å². The molecule has 0 aliphatic heterocycles. The van der Waals surface area contributed by atoms with Crippen LogP contribution in [-0.2, 0) is 0 Å². The van der Waals surface area contributed by atoms with Crippen molar-refractivity contribution in [3.8, 4) is 0 Å². The quantitative estimate of drug-likeness (QED) is 0.417. The first-order valence-electron chi connectivity index (χ1n) is 2.99. The average molecular weight is 296 g/mol. The van der Waals surface area contributed by atoms with Crippen molar-refractivity contribution in [1.29, 1.82) is 0 Å². The minimum atomic E-state index is 0. The molecule has 0 aromatic carbocycles. The molecule has 14 heavy (non-hydrogen) atoms. The van der Waals surface area contributed by atoms with Crippen molar-refractivity contribution >= 4 is 34.7 Å². The van der Waals surface area contributed by atoms with Crippen LogP contribution in [0.1, 0.15) is 20.8 Å². The zero-order valence-electron chi connectivity index (χ0n) is 8.63. The van der Waals surface area contributed by atoms with Crippen LogP contribution in [0.15, 0.2) is 0 Å². The molecular weight excluding hydrogens is 280 g/mol. The summed E-state index contributed by atoms with van der Waals surface area (Å²) in [6, 6.07) is 0. The van der Waals surface area contributed by atoms with Gasteiger partial charge in [-0.2, -0.15) is 0 Å². The molecule has 0 aromatic rings. The van der Waals surface area contributed by atoms with Gasteiger partial charge in [-0.25, -0.2) is 0 Å². The minimum Gasteiger partial charge on any atom is -1.00 e. The molecule has 0 heterocycles. The van der Waals surface area contributed by atoms with E-state index in [-0.39, 0.29) is 91.8 Å². The van der Waals surface area contributed by atoms with E-state index in [0.717, 1.165) is 0 Å². The molecule has 0 saturated heterocycles. The molecule has 0 N–H and O–H groups in total. The van der Waals surface area contributed by atoms with Gasteiger partial charge < -0.3 is 52.5 Å². The topological polar surface area (TPSA) is 69.2 Å². The average Bonchev–Trinajstić information content (AvgIpc) is 1.70. The summed E-state index contributed by atoms with van der Waals surface area (Å²) < 4.78 is 0. The fourth-order valence-electron chi connectivity index (χ4n) is 0. The second kappa shape index (κ2) is 122. The Morgan fingerprint density at radius 3 is 0.571 bits per heavy atom. The molecule has 0 spiro atoms. The Morgan fingerprint density at radius 2 is 0.571 bits per heavy atom. The van der Waals surface area contributed by atoms with Gasteiger partial charge >= 0.3 is 34.7 Å². The molecule has 0 rings (SSSR count). The van der Waals surface area contributed by atoms with Crippen LogP contribution < -0.4 is 52.5 Å². The summed E-state index contributed by atoms with van der Waals surface area (Å²) in [5, 5.41) is 26.8. The van der Waals surface area contributed by atoms with Gasteiger partial charge in [0.2, 0.25) is 0 Å². The Bertz CT molecular complexity index is 31.0. The third-order valence-corrected chi connectivity index (χ3v) is 0. The van der Waals surface area contributed by atoms with Crippen molar-refractivity contribution in [2.75, 3.05) is 19.8 Å². The smallest absolute Gasteiger partial charge is 1.00 e. The van der Waals surface area contributed by atoms with E-state index in [1.807, 2.05) is 0 Å². The third kappa shape index (κ3) is 689. The maximum Gasteiger partial charge on any atom is 3.00 e. The summed E-state index contributed by atoms with van der Waals surface area (Å²) >= 11 is 0. The van der Waals surface area contributed by atoms with Crippen LogP contribution in [0.2, 0.25) is 0 Å². The van der Waals surface area contributed by atoms with E-state index in [9.17, 15) is 0 Å². The molecule has 3 nitrogen and oxygen atoms in total. The molecule has 0 atom stereocenters. The second-order valence-corrected chi connectivity index (χ2v) is 0.866. The Kier molecular flexibility index (Phi) is 495. The number of rotatable bonds is 0. The summed E-state index contributed by atoms with van der Waals surface area (Å²) in [5.41, 5.74) is 0. The van der Waals surface area contributed by atoms with Gasteiger partial charge in [0.25, 0.3) is 0 Å². The molecule has 84 valence electrons. The van der Waals surface area contributed by atoms with Crippen LogP contribution in [0.5, 0.6) is 0 Å². The number of hydrogen-bond acceptors (Lipinski definition) is 3. The summed E-state index contributed by atoms with van der Waals surface area (Å²) in [5.74, 6) is 0. The van der Waals surface area contributed by atoms with E-state index >= 15 is 0 Å². The van der Waals surface area contributed by atoms with Crippen molar-refractivity contribution < 1.29 is 52.5 Å². The SMILES string of the molecule is CC[O-].CC[O-].CC[O-].[Al+3].[Al+3].[Cl-].[Cl-].[Cl-]. The number of halogens is 3. The van der Waals surface area contributed by atoms with Gasteiger partial charge in [0.05, 0.1) is 0 Å². The second-order valence-electron chi connectivity index (χ2n) is 0.866. The molecule has 0 aliphatic rings. The monoisotopic (exact) mass is 294 g/mol. The van der Waals surface area contributed by atoms with E-state index in [2.05, 4.69) is 0 Å². The molecule has 8 heteroatoms. The Balaban J connectivity index is -0.00000000545. The molecular formula is C6H15Al2Cl3O3. The van der Waals surface area contributed by atoms with Crippen LogP contribution in [0.3, 0.4) is 0 Å². The van der Waals surface area contributed by atoms with E-state index in [1.54, 1.807) is 20.8 Å². The zero-order chi connectivity index (χ0) is 8.12. The molecule has 0 bridgehead atoms. The van der Waals surface area contributed by atoms with Crippen LogP contribution >= 0.6 is 0 Å². The Morgan fingerprint density at radius 1 is 0.571 bits per heavy atom. The Labute approximate surface area is 127 Å². The van der Waals surface area contributed by atoms with Crippen molar-refractivity contribution in [3.63, 3.8) is 0 Å². The first-order valence-corrected chi connectivity index (χ1v) is 2.99. The van der Waals surface area contributed by atoms with Crippen LogP contribution in [-0.4, -0.2) is 54.5 Å². The van der Waals surface area contributed by atoms with Gasteiger partial charge in [0.15, 0.2) is 0 Å². The van der Waals surface area contributed by atoms with Gasteiger partial charge in [0, 0.05) is 0 Å². The fourth-order valence-corrected chi connectivity index (χ4v) is 0. The predicted molar refractivity (Wildman–Crippen MR) is 43.1 cm³/mol. The summed E-state index contributed by atoms with van der Waals surface area (Å²) in [4.78, 5) is 0. The molecule has 0 aliphatic carbocycles. The van der Waals surface area contributed by atoms with Crippen LogP contribution in [0.4, 0.5) is 0 Å². The largest absolute Gasteiger partial charge is 3.00 e. The molecule has 0 amide bonds. The maximum absolute atomic E-state index is 8.93. The number of hydrogen-bond donors (Lipinski definition) is 0. The summed E-state index contributed by atoms with van der Waals surface area (Å²) in [7, 11) is 0. The summed E-state index contributed by atoms with van der Waals surface area (Å²) in [6.07, 6.45) is 0. The molecule has 0 radical (unpaired) electrons. The van der Waals surface area contributed by atoms with Gasteiger partial charge in [0.1, 0.15) is 0 Å². The minimum absolute atomic E-state index is 0. The van der Waals surface area contributed by atoms with E-state index in [4.69, 9.17) is 15.3 Å². The standard InChI is InChI=1S/3C2H5O.2Al.3ClH/c3*1-2-3;;;;;/h3*2H2,1H3;;;3*1H/q3*-1;2*+3;;;/p-3. The van der Waals surface area contributed by atoms with Crippen LogP contribution in [0.25, 0.3) is 0 Å². The normalized spacial score (nSPS) is 3.86. The fraction of sp³-hybridized carbons (Fsp3) is 1.00. The van der Waals surface area contributed by atoms with Crippen molar-refractivity contribution in [1.82, 2.24) is 0 Å². The first-order chi connectivity index (χ1) is 4.24. The maximum atomic E-state index is 8.93. The molecule has 0 saturated carbocycles. The third-order valence-electron chi connectivity index (χ3n) is 0. The van der Waals surface area contributed by atoms with Crippen LogP contribution in [0, 0.1) is 0 Å². The zero-order valence-corrected chi connectivity index (χ0v) is 13.2. The molecule has 0 unspecified atom stereocenters. The molecule has 0 fully saturated rings. The van der Waals surface area contributed by atoms with E-state index in [1.165, 1.54) is 0 Å². The van der Waals surface area contributed by atoms with Crippen molar-refractivity contribution in [2.24, 2.45) is 0 Å². The first kappa shape index (κ1) is 56.8. The summed E-state index contributed by atoms with van der Waals surface area (Å²) in [6.45, 7) is 4.71. The Hall–Kier alpha value is 1.81. The molecule has 0 aromatic heterocycles.